The van der Waals surface area contributed by atoms with Gasteiger partial charge in [0.15, 0.2) is 29.1 Å². The number of carbonyl (C=O) groups excluding carboxylic acids is 1. The Morgan fingerprint density at radius 3 is 2.28 bits per heavy atom. The van der Waals surface area contributed by atoms with Crippen LogP contribution >= 0.6 is 0 Å². The summed E-state index contributed by atoms with van der Waals surface area (Å²) in [6, 6.07) is 0. The number of aliphatic hydroxyl groups excluding tert-OH is 1. The van der Waals surface area contributed by atoms with Crippen molar-refractivity contribution in [2.75, 3.05) is 0 Å². The van der Waals surface area contributed by atoms with Crippen molar-refractivity contribution in [2.24, 2.45) is 11.3 Å². The van der Waals surface area contributed by atoms with E-state index >= 15 is 4.39 Å². The summed E-state index contributed by atoms with van der Waals surface area (Å²) in [4.78, 5) is 12.6. The Kier molecular flexibility index (Phi) is 5.51. The lowest BCUT2D eigenvalue weighted by Crippen LogP contribution is -2.44. The number of carbonyl (C=O) groups is 1. The molecule has 1 aromatic rings. The molecular formula is C21H18F6O2. The average Bonchev–Trinajstić information content (AvgIpc) is 2.67. The van der Waals surface area contributed by atoms with Gasteiger partial charge in [-0.05, 0) is 43.3 Å². The summed E-state index contributed by atoms with van der Waals surface area (Å²) in [7, 11) is 0. The van der Waals surface area contributed by atoms with Gasteiger partial charge in [-0.15, -0.1) is 6.58 Å². The van der Waals surface area contributed by atoms with Gasteiger partial charge >= 0.3 is 0 Å². The van der Waals surface area contributed by atoms with E-state index in [4.69, 9.17) is 0 Å². The molecule has 1 fully saturated rings. The molecule has 0 bridgehead atoms. The summed E-state index contributed by atoms with van der Waals surface area (Å²) in [6.45, 7) is 5.08. The average molecular weight is 416 g/mol. The predicted octanol–water partition coefficient (Wildman–Crippen LogP) is 5.32. The number of fused-ring (bicyclic) bond motifs is 1. The number of halogens is 6. The Morgan fingerprint density at radius 1 is 1.17 bits per heavy atom. The molecule has 2 aliphatic rings. The molecule has 0 spiro atoms. The van der Waals surface area contributed by atoms with Gasteiger partial charge in [-0.1, -0.05) is 13.0 Å². The number of rotatable bonds is 3. The Balaban J connectivity index is 2.30. The van der Waals surface area contributed by atoms with Gasteiger partial charge in [0.1, 0.15) is 5.83 Å². The second-order valence-corrected chi connectivity index (χ2v) is 7.42. The van der Waals surface area contributed by atoms with Crippen LogP contribution in [0.1, 0.15) is 38.2 Å². The van der Waals surface area contributed by atoms with Crippen molar-refractivity contribution < 1.29 is 36.2 Å². The maximum absolute atomic E-state index is 15.2. The lowest BCUT2D eigenvalue weighted by molar-refractivity contribution is -0.113. The van der Waals surface area contributed by atoms with Crippen molar-refractivity contribution >= 4 is 11.6 Å². The normalized spacial score (nSPS) is 28.7. The first-order valence-electron chi connectivity index (χ1n) is 9.05. The third kappa shape index (κ3) is 3.04. The first-order valence-corrected chi connectivity index (χ1v) is 9.05. The summed E-state index contributed by atoms with van der Waals surface area (Å²) in [6.07, 6.45) is 3.18. The minimum absolute atomic E-state index is 0.234. The second kappa shape index (κ2) is 7.48. The number of ketones is 1. The van der Waals surface area contributed by atoms with Crippen LogP contribution in [-0.4, -0.2) is 17.0 Å². The molecular weight excluding hydrogens is 398 g/mol. The van der Waals surface area contributed by atoms with Gasteiger partial charge in [-0.2, -0.15) is 0 Å². The fourth-order valence-corrected chi connectivity index (χ4v) is 4.54. The van der Waals surface area contributed by atoms with Crippen molar-refractivity contribution in [3.63, 3.8) is 0 Å². The smallest absolute Gasteiger partial charge is 0.200 e. The van der Waals surface area contributed by atoms with Crippen LogP contribution in [0.25, 0.3) is 5.83 Å². The van der Waals surface area contributed by atoms with Crippen LogP contribution < -0.4 is 0 Å². The molecule has 2 aliphatic carbocycles. The van der Waals surface area contributed by atoms with E-state index in [-0.39, 0.29) is 6.42 Å². The van der Waals surface area contributed by atoms with E-state index in [2.05, 4.69) is 6.58 Å². The molecule has 3 rings (SSSR count). The molecule has 156 valence electrons. The van der Waals surface area contributed by atoms with Crippen molar-refractivity contribution in [1.29, 1.82) is 0 Å². The zero-order chi connectivity index (χ0) is 21.7. The Labute approximate surface area is 163 Å². The lowest BCUT2D eigenvalue weighted by atomic mass is 9.55. The molecule has 2 nitrogen and oxygen atoms in total. The van der Waals surface area contributed by atoms with E-state index in [1.807, 2.05) is 0 Å². The monoisotopic (exact) mass is 416 g/mol. The molecule has 0 radical (unpaired) electrons. The van der Waals surface area contributed by atoms with Gasteiger partial charge in [-0.3, -0.25) is 4.79 Å². The fourth-order valence-electron chi connectivity index (χ4n) is 4.54. The third-order valence-electron chi connectivity index (χ3n) is 6.02. The number of hydrogen-bond donors (Lipinski definition) is 1. The summed E-state index contributed by atoms with van der Waals surface area (Å²) in [5.74, 6) is -15.5. The highest BCUT2D eigenvalue weighted by atomic mass is 19.2. The number of aliphatic hydroxyl groups is 1. The van der Waals surface area contributed by atoms with Crippen molar-refractivity contribution in [1.82, 2.24) is 0 Å². The van der Waals surface area contributed by atoms with E-state index in [1.54, 1.807) is 0 Å². The highest BCUT2D eigenvalue weighted by Gasteiger charge is 2.50. The lowest BCUT2D eigenvalue weighted by Gasteiger charge is -2.48. The molecule has 0 heterocycles. The predicted molar refractivity (Wildman–Crippen MR) is 93.6 cm³/mol. The molecule has 8 heteroatoms. The van der Waals surface area contributed by atoms with Crippen LogP contribution in [0.4, 0.5) is 26.3 Å². The number of benzene rings is 1. The van der Waals surface area contributed by atoms with Gasteiger partial charge in [0.05, 0.1) is 11.7 Å². The Hall–Kier alpha value is -2.35. The largest absolute Gasteiger partial charge is 0.389 e. The Morgan fingerprint density at radius 2 is 1.72 bits per heavy atom. The maximum Gasteiger partial charge on any atom is 0.200 e. The van der Waals surface area contributed by atoms with E-state index < -0.39 is 69.3 Å². The SMILES string of the molecule is C=CC[C@]12CCCC(O)C1=CC(=O)/C(=C(/F)c1c(F)c(F)c(F)c(F)c1F)[C@@H]2C. The molecule has 1 aromatic carbocycles. The van der Waals surface area contributed by atoms with E-state index in [0.717, 1.165) is 6.08 Å². The van der Waals surface area contributed by atoms with E-state index in [0.29, 0.717) is 24.8 Å². The first kappa shape index (κ1) is 21.4. The Bertz CT molecular complexity index is 935. The minimum Gasteiger partial charge on any atom is -0.389 e. The highest BCUT2D eigenvalue weighted by molar-refractivity contribution is 6.10. The van der Waals surface area contributed by atoms with Crippen LogP contribution in [0.5, 0.6) is 0 Å². The zero-order valence-corrected chi connectivity index (χ0v) is 15.5. The summed E-state index contributed by atoms with van der Waals surface area (Å²) >= 11 is 0. The topological polar surface area (TPSA) is 37.3 Å². The summed E-state index contributed by atoms with van der Waals surface area (Å²) < 4.78 is 83.8. The van der Waals surface area contributed by atoms with Crippen molar-refractivity contribution in [2.45, 2.75) is 38.7 Å². The van der Waals surface area contributed by atoms with Crippen LogP contribution in [-0.2, 0) is 4.79 Å². The molecule has 0 aromatic heterocycles. The third-order valence-corrected chi connectivity index (χ3v) is 6.02. The molecule has 3 atom stereocenters. The minimum atomic E-state index is -2.41. The highest BCUT2D eigenvalue weighted by Crippen LogP contribution is 2.55. The fraction of sp³-hybridized carbons (Fsp3) is 0.381. The molecule has 0 saturated heterocycles. The molecule has 1 N–H and O–H groups in total. The maximum atomic E-state index is 15.2. The van der Waals surface area contributed by atoms with Crippen LogP contribution in [0, 0.1) is 40.4 Å². The molecule has 0 amide bonds. The van der Waals surface area contributed by atoms with Gasteiger partial charge in [-0.25, -0.2) is 26.3 Å². The van der Waals surface area contributed by atoms with Crippen LogP contribution in [0.2, 0.25) is 0 Å². The van der Waals surface area contributed by atoms with Gasteiger partial charge in [0.25, 0.3) is 0 Å². The number of allylic oxidation sites excluding steroid dienone is 3. The molecule has 29 heavy (non-hydrogen) atoms. The standard InChI is InChI=1S/C21H18F6O2/c1-3-6-21-7-4-5-11(28)10(21)8-12(29)13(9(21)2)15(22)14-16(23)18(25)20(27)19(26)17(14)24/h3,8-9,11,28H,1,4-7H2,2H3/b15-13+/t9-,11?,21+/m0/s1. The summed E-state index contributed by atoms with van der Waals surface area (Å²) in [5, 5.41) is 10.3. The quantitative estimate of drug-likeness (QED) is 0.238. The number of hydrogen-bond acceptors (Lipinski definition) is 2. The van der Waals surface area contributed by atoms with Gasteiger partial charge in [0.2, 0.25) is 5.82 Å². The van der Waals surface area contributed by atoms with E-state index in [9.17, 15) is 31.9 Å². The van der Waals surface area contributed by atoms with Gasteiger partial charge < -0.3 is 5.11 Å². The first-order chi connectivity index (χ1) is 13.6. The molecule has 0 aliphatic heterocycles. The van der Waals surface area contributed by atoms with Crippen LogP contribution in [0.3, 0.4) is 0 Å². The molecule has 1 unspecified atom stereocenters. The zero-order valence-electron chi connectivity index (χ0n) is 15.5. The van der Waals surface area contributed by atoms with Crippen LogP contribution in [0.15, 0.2) is 29.9 Å². The van der Waals surface area contributed by atoms with Crippen molar-refractivity contribution in [3.8, 4) is 0 Å². The van der Waals surface area contributed by atoms with Crippen molar-refractivity contribution in [3.05, 3.63) is 64.5 Å². The second-order valence-electron chi connectivity index (χ2n) is 7.42. The van der Waals surface area contributed by atoms with E-state index in [1.165, 1.54) is 13.0 Å². The molecule has 1 saturated carbocycles. The van der Waals surface area contributed by atoms with Gasteiger partial charge in [0, 0.05) is 11.0 Å². The summed E-state index contributed by atoms with van der Waals surface area (Å²) in [5.41, 5.74) is -3.02.